The van der Waals surface area contributed by atoms with E-state index in [2.05, 4.69) is 4.99 Å². The molecule has 7 heteroatoms. The van der Waals surface area contributed by atoms with Gasteiger partial charge in [0.25, 0.3) is 5.91 Å². The third-order valence-corrected chi connectivity index (χ3v) is 5.60. The van der Waals surface area contributed by atoms with E-state index in [0.29, 0.717) is 17.2 Å². The number of fused-ring (bicyclic) bond motifs is 1. The summed E-state index contributed by atoms with van der Waals surface area (Å²) in [6.45, 7) is 7.86. The Labute approximate surface area is 173 Å². The maximum atomic E-state index is 12.5. The van der Waals surface area contributed by atoms with E-state index in [0.717, 1.165) is 26.9 Å². The van der Waals surface area contributed by atoms with Gasteiger partial charge in [0, 0.05) is 0 Å². The predicted octanol–water partition coefficient (Wildman–Crippen LogP) is 3.70. The predicted molar refractivity (Wildman–Crippen MR) is 113 cm³/mol. The number of thiazole rings is 1. The number of rotatable bonds is 6. The molecule has 0 spiro atoms. The lowest BCUT2D eigenvalue weighted by molar-refractivity contribution is -0.143. The fourth-order valence-corrected chi connectivity index (χ4v) is 4.02. The summed E-state index contributed by atoms with van der Waals surface area (Å²) < 4.78 is 13.4. The molecule has 0 saturated heterocycles. The van der Waals surface area contributed by atoms with E-state index in [1.165, 1.54) is 11.3 Å². The number of ether oxygens (including phenoxy) is 2. The van der Waals surface area contributed by atoms with Crippen molar-refractivity contribution in [1.29, 1.82) is 0 Å². The van der Waals surface area contributed by atoms with Crippen molar-refractivity contribution >= 4 is 33.4 Å². The minimum absolute atomic E-state index is 0.00110. The molecule has 0 unspecified atom stereocenters. The number of amides is 1. The van der Waals surface area contributed by atoms with Gasteiger partial charge in [0.15, 0.2) is 11.4 Å². The molecule has 0 aliphatic heterocycles. The second kappa shape index (κ2) is 9.05. The van der Waals surface area contributed by atoms with Crippen LogP contribution in [0.25, 0.3) is 10.2 Å². The third-order valence-electron chi connectivity index (χ3n) is 4.56. The van der Waals surface area contributed by atoms with Crippen LogP contribution in [0.15, 0.2) is 41.4 Å². The first-order valence-corrected chi connectivity index (χ1v) is 10.2. The summed E-state index contributed by atoms with van der Waals surface area (Å²) in [7, 11) is 0. The van der Waals surface area contributed by atoms with Crippen molar-refractivity contribution < 1.29 is 19.1 Å². The van der Waals surface area contributed by atoms with Crippen molar-refractivity contribution in [1.82, 2.24) is 4.57 Å². The highest BCUT2D eigenvalue weighted by Crippen LogP contribution is 2.22. The van der Waals surface area contributed by atoms with Gasteiger partial charge in [0.05, 0.1) is 16.8 Å². The Hall–Kier alpha value is -2.93. The molecule has 29 heavy (non-hydrogen) atoms. The summed E-state index contributed by atoms with van der Waals surface area (Å²) in [5.74, 6) is -0.126. The molecule has 0 aliphatic rings. The molecule has 1 aromatic heterocycles. The third kappa shape index (κ3) is 4.92. The van der Waals surface area contributed by atoms with Crippen molar-refractivity contribution in [2.24, 2.45) is 4.99 Å². The molecule has 3 aromatic rings. The molecule has 0 saturated carbocycles. The zero-order chi connectivity index (χ0) is 21.0. The van der Waals surface area contributed by atoms with Crippen molar-refractivity contribution in [3.63, 3.8) is 0 Å². The number of benzene rings is 2. The van der Waals surface area contributed by atoms with Gasteiger partial charge in [-0.3, -0.25) is 9.59 Å². The van der Waals surface area contributed by atoms with Gasteiger partial charge in [-0.15, -0.1) is 0 Å². The van der Waals surface area contributed by atoms with E-state index in [4.69, 9.17) is 9.47 Å². The number of aryl methyl sites for hydroxylation is 3. The number of hydrogen-bond acceptors (Lipinski definition) is 5. The van der Waals surface area contributed by atoms with Crippen molar-refractivity contribution in [3.8, 4) is 5.75 Å². The topological polar surface area (TPSA) is 69.9 Å². The highest BCUT2D eigenvalue weighted by atomic mass is 32.1. The number of nitrogens with zero attached hydrogens (tertiary/aromatic N) is 2. The Morgan fingerprint density at radius 2 is 1.79 bits per heavy atom. The molecule has 0 fully saturated rings. The molecular formula is C22H24N2O4S. The second-order valence-electron chi connectivity index (χ2n) is 6.74. The molecule has 152 valence electrons. The summed E-state index contributed by atoms with van der Waals surface area (Å²) in [5, 5.41) is 0. The quantitative estimate of drug-likeness (QED) is 0.579. The standard InChI is InChI=1S/C22H24N2O4S/c1-5-27-21(26)12-24-17-10-15(3)16(4)11-19(17)29-22(24)23-20(25)13-28-18-9-7-6-8-14(18)2/h6-11H,5,12-13H2,1-4H3. The molecule has 0 radical (unpaired) electrons. The Morgan fingerprint density at radius 1 is 1.07 bits per heavy atom. The maximum absolute atomic E-state index is 12.5. The van der Waals surface area contributed by atoms with Crippen LogP contribution in [0.4, 0.5) is 0 Å². The summed E-state index contributed by atoms with van der Waals surface area (Å²) in [4.78, 5) is 29.2. The molecule has 3 rings (SSSR count). The van der Waals surface area contributed by atoms with Gasteiger partial charge in [-0.25, -0.2) is 0 Å². The van der Waals surface area contributed by atoms with Crippen LogP contribution in [0.1, 0.15) is 23.6 Å². The van der Waals surface area contributed by atoms with Gasteiger partial charge in [-0.2, -0.15) is 4.99 Å². The number of esters is 1. The smallest absolute Gasteiger partial charge is 0.326 e. The highest BCUT2D eigenvalue weighted by Gasteiger charge is 2.14. The summed E-state index contributed by atoms with van der Waals surface area (Å²) in [6, 6.07) is 11.6. The lowest BCUT2D eigenvalue weighted by atomic mass is 10.1. The normalized spacial score (nSPS) is 11.7. The molecule has 1 amide bonds. The van der Waals surface area contributed by atoms with E-state index in [9.17, 15) is 9.59 Å². The average molecular weight is 413 g/mol. The zero-order valence-corrected chi connectivity index (χ0v) is 17.8. The van der Waals surface area contributed by atoms with Gasteiger partial charge in [-0.05, 0) is 62.6 Å². The fraction of sp³-hybridized carbons (Fsp3) is 0.318. The highest BCUT2D eigenvalue weighted by molar-refractivity contribution is 7.16. The van der Waals surface area contributed by atoms with Crippen LogP contribution in [-0.2, 0) is 20.9 Å². The minimum Gasteiger partial charge on any atom is -0.483 e. The molecule has 0 bridgehead atoms. The molecular weight excluding hydrogens is 388 g/mol. The zero-order valence-electron chi connectivity index (χ0n) is 17.0. The first-order chi connectivity index (χ1) is 13.9. The Kier molecular flexibility index (Phi) is 6.49. The molecule has 0 aliphatic carbocycles. The lowest BCUT2D eigenvalue weighted by Gasteiger charge is -2.07. The van der Waals surface area contributed by atoms with Crippen LogP contribution in [0.3, 0.4) is 0 Å². The van der Waals surface area contributed by atoms with Crippen LogP contribution in [0, 0.1) is 20.8 Å². The molecule has 0 atom stereocenters. The number of para-hydroxylation sites is 1. The van der Waals surface area contributed by atoms with Gasteiger partial charge in [0.2, 0.25) is 0 Å². The number of carbonyl (C=O) groups is 2. The monoisotopic (exact) mass is 412 g/mol. The average Bonchev–Trinajstić information content (AvgIpc) is 2.98. The number of aromatic nitrogens is 1. The van der Waals surface area contributed by atoms with Crippen LogP contribution in [-0.4, -0.2) is 29.7 Å². The van der Waals surface area contributed by atoms with Crippen LogP contribution in [0.2, 0.25) is 0 Å². The Balaban J connectivity index is 1.94. The molecule has 0 N–H and O–H groups in total. The Morgan fingerprint density at radius 3 is 2.52 bits per heavy atom. The number of hydrogen-bond donors (Lipinski definition) is 0. The first kappa shape index (κ1) is 20.8. The van der Waals surface area contributed by atoms with E-state index in [1.54, 1.807) is 11.5 Å². The number of carbonyl (C=O) groups excluding carboxylic acids is 2. The Bertz CT molecular complexity index is 1130. The first-order valence-electron chi connectivity index (χ1n) is 9.41. The fourth-order valence-electron chi connectivity index (χ4n) is 2.89. The van der Waals surface area contributed by atoms with E-state index in [-0.39, 0.29) is 19.1 Å². The van der Waals surface area contributed by atoms with Crippen molar-refractivity contribution in [2.45, 2.75) is 34.2 Å². The van der Waals surface area contributed by atoms with Gasteiger partial charge >= 0.3 is 5.97 Å². The molecule has 1 heterocycles. The lowest BCUT2D eigenvalue weighted by Crippen LogP contribution is -2.24. The van der Waals surface area contributed by atoms with Crippen molar-refractivity contribution in [3.05, 3.63) is 57.9 Å². The maximum Gasteiger partial charge on any atom is 0.326 e. The second-order valence-corrected chi connectivity index (χ2v) is 7.75. The van der Waals surface area contributed by atoms with E-state index >= 15 is 0 Å². The summed E-state index contributed by atoms with van der Waals surface area (Å²) >= 11 is 1.37. The van der Waals surface area contributed by atoms with E-state index in [1.807, 2.05) is 57.2 Å². The van der Waals surface area contributed by atoms with Crippen LogP contribution < -0.4 is 9.54 Å². The van der Waals surface area contributed by atoms with Gasteiger partial charge in [-0.1, -0.05) is 29.5 Å². The summed E-state index contributed by atoms with van der Waals surface area (Å²) in [6.07, 6.45) is 0. The SMILES string of the molecule is CCOC(=O)Cn1c(=NC(=O)COc2ccccc2C)sc2cc(C)c(C)cc21. The van der Waals surface area contributed by atoms with Gasteiger partial charge < -0.3 is 14.0 Å². The van der Waals surface area contributed by atoms with Crippen LogP contribution in [0.5, 0.6) is 5.75 Å². The van der Waals surface area contributed by atoms with Crippen molar-refractivity contribution in [2.75, 3.05) is 13.2 Å². The largest absolute Gasteiger partial charge is 0.483 e. The van der Waals surface area contributed by atoms with Gasteiger partial charge in [0.1, 0.15) is 12.3 Å². The van der Waals surface area contributed by atoms with E-state index < -0.39 is 5.91 Å². The minimum atomic E-state index is -0.411. The molecule has 2 aromatic carbocycles. The molecule has 6 nitrogen and oxygen atoms in total. The summed E-state index contributed by atoms with van der Waals surface area (Å²) in [5.41, 5.74) is 4.06. The van der Waals surface area contributed by atoms with Crippen LogP contribution >= 0.6 is 11.3 Å².